The quantitative estimate of drug-likeness (QED) is 0.354. The van der Waals surface area contributed by atoms with Crippen LogP contribution in [-0.4, -0.2) is 45.9 Å². The summed E-state index contributed by atoms with van der Waals surface area (Å²) in [6.45, 7) is 14.6. The standard InChI is InChI=1S/C31H44N4O5/c1-9-31(7,8)35(28(38)24(17-18-25(32)36)34-29(39)40-30(4,5)6)26(22-15-12-13-20(2)19-22)27(37)33-23-16-11-10-14-21(23)3/h10-16,19,24,26H,9,17-18H2,1-8H3,(H2,32,36)(H,33,37)(H,34,39). The molecule has 2 unspecified atom stereocenters. The van der Waals surface area contributed by atoms with Crippen LogP contribution < -0.4 is 16.4 Å². The van der Waals surface area contributed by atoms with Gasteiger partial charge in [-0.3, -0.25) is 14.4 Å². The number of benzene rings is 2. The van der Waals surface area contributed by atoms with Crippen LogP contribution >= 0.6 is 0 Å². The summed E-state index contributed by atoms with van der Waals surface area (Å²) in [5, 5.41) is 5.63. The molecule has 0 saturated heterocycles. The van der Waals surface area contributed by atoms with E-state index in [1.165, 1.54) is 4.90 Å². The normalized spacial score (nSPS) is 13.1. The number of hydrogen-bond acceptors (Lipinski definition) is 5. The van der Waals surface area contributed by atoms with Crippen LogP contribution in [0.5, 0.6) is 0 Å². The molecular formula is C31H44N4O5. The summed E-state index contributed by atoms with van der Waals surface area (Å²) in [6, 6.07) is 12.6. The fourth-order valence-electron chi connectivity index (χ4n) is 4.28. The van der Waals surface area contributed by atoms with Gasteiger partial charge >= 0.3 is 6.09 Å². The second-order valence-corrected chi connectivity index (χ2v) is 11.7. The number of nitrogens with one attached hydrogen (secondary N) is 2. The molecule has 0 bridgehead atoms. The third-order valence-corrected chi connectivity index (χ3v) is 6.69. The molecule has 4 N–H and O–H groups in total. The Hall–Kier alpha value is -3.88. The lowest BCUT2D eigenvalue weighted by atomic mass is 9.91. The molecule has 0 fully saturated rings. The monoisotopic (exact) mass is 552 g/mol. The molecule has 0 spiro atoms. The number of nitrogens with two attached hydrogens (primary N) is 1. The van der Waals surface area contributed by atoms with Crippen LogP contribution in [0.15, 0.2) is 48.5 Å². The molecule has 2 rings (SSSR count). The van der Waals surface area contributed by atoms with Gasteiger partial charge in [0.2, 0.25) is 11.8 Å². The molecule has 0 heterocycles. The predicted molar refractivity (Wildman–Crippen MR) is 157 cm³/mol. The molecule has 40 heavy (non-hydrogen) atoms. The fourth-order valence-corrected chi connectivity index (χ4v) is 4.28. The van der Waals surface area contributed by atoms with Gasteiger partial charge in [-0.15, -0.1) is 0 Å². The average molecular weight is 553 g/mol. The summed E-state index contributed by atoms with van der Waals surface area (Å²) in [4.78, 5) is 54.5. The second kappa shape index (κ2) is 13.5. The van der Waals surface area contributed by atoms with Crippen molar-refractivity contribution < 1.29 is 23.9 Å². The van der Waals surface area contributed by atoms with Crippen molar-refractivity contribution in [2.45, 2.75) is 97.9 Å². The minimum atomic E-state index is -1.16. The van der Waals surface area contributed by atoms with E-state index in [0.717, 1.165) is 11.1 Å². The number of ether oxygens (including phenoxy) is 1. The van der Waals surface area contributed by atoms with E-state index in [2.05, 4.69) is 10.6 Å². The van der Waals surface area contributed by atoms with Gasteiger partial charge in [-0.25, -0.2) is 4.79 Å². The smallest absolute Gasteiger partial charge is 0.408 e. The van der Waals surface area contributed by atoms with Gasteiger partial charge in [0.05, 0.1) is 0 Å². The van der Waals surface area contributed by atoms with Crippen molar-refractivity contribution in [3.8, 4) is 0 Å². The van der Waals surface area contributed by atoms with Crippen molar-refractivity contribution in [1.82, 2.24) is 10.2 Å². The van der Waals surface area contributed by atoms with Gasteiger partial charge in [-0.2, -0.15) is 0 Å². The molecule has 9 heteroatoms. The first-order valence-electron chi connectivity index (χ1n) is 13.6. The number of carbonyl (C=O) groups is 4. The number of hydrogen-bond donors (Lipinski definition) is 3. The van der Waals surface area contributed by atoms with Crippen molar-refractivity contribution >= 4 is 29.5 Å². The minimum Gasteiger partial charge on any atom is -0.444 e. The lowest BCUT2D eigenvalue weighted by Gasteiger charge is -2.44. The maximum absolute atomic E-state index is 14.4. The Labute approximate surface area is 237 Å². The van der Waals surface area contributed by atoms with Gasteiger partial charge in [0.15, 0.2) is 0 Å². The Morgan fingerprint density at radius 1 is 0.975 bits per heavy atom. The number of anilines is 1. The Bertz CT molecular complexity index is 1220. The van der Waals surface area contributed by atoms with E-state index < -0.39 is 47.0 Å². The average Bonchev–Trinajstić information content (AvgIpc) is 2.84. The highest BCUT2D eigenvalue weighted by atomic mass is 16.6. The zero-order valence-corrected chi connectivity index (χ0v) is 25.0. The lowest BCUT2D eigenvalue weighted by molar-refractivity contribution is -0.148. The molecule has 4 amide bonds. The highest BCUT2D eigenvalue weighted by Crippen LogP contribution is 2.34. The molecule has 9 nitrogen and oxygen atoms in total. The summed E-state index contributed by atoms with van der Waals surface area (Å²) in [5.41, 5.74) is 6.82. The SMILES string of the molecule is CCC(C)(C)N(C(=O)C(CCC(N)=O)NC(=O)OC(C)(C)C)C(C(=O)Nc1ccccc1C)c1cccc(C)c1. The highest BCUT2D eigenvalue weighted by molar-refractivity contribution is 5.99. The van der Waals surface area contributed by atoms with Crippen LogP contribution in [-0.2, 0) is 19.1 Å². The molecule has 0 aliphatic carbocycles. The molecule has 2 aromatic rings. The summed E-state index contributed by atoms with van der Waals surface area (Å²) in [5.74, 6) is -1.54. The van der Waals surface area contributed by atoms with E-state index in [4.69, 9.17) is 10.5 Å². The summed E-state index contributed by atoms with van der Waals surface area (Å²) >= 11 is 0. The zero-order chi connectivity index (χ0) is 30.3. The molecule has 0 aliphatic rings. The first kappa shape index (κ1) is 32.3. The molecular weight excluding hydrogens is 508 g/mol. The number of aryl methyl sites for hydroxylation is 2. The van der Waals surface area contributed by atoms with Crippen molar-refractivity contribution in [2.75, 3.05) is 5.32 Å². The predicted octanol–water partition coefficient (Wildman–Crippen LogP) is 5.16. The van der Waals surface area contributed by atoms with Crippen LogP contribution in [0.2, 0.25) is 0 Å². The molecule has 0 radical (unpaired) electrons. The molecule has 0 aliphatic heterocycles. The number of alkyl carbamates (subject to hydrolysis) is 1. The largest absolute Gasteiger partial charge is 0.444 e. The van der Waals surface area contributed by atoms with E-state index in [9.17, 15) is 19.2 Å². The van der Waals surface area contributed by atoms with Gasteiger partial charge in [0.25, 0.3) is 5.91 Å². The van der Waals surface area contributed by atoms with Crippen molar-refractivity contribution in [3.63, 3.8) is 0 Å². The van der Waals surface area contributed by atoms with Gasteiger partial charge in [0, 0.05) is 17.6 Å². The number of nitrogens with zero attached hydrogens (tertiary/aromatic N) is 1. The van der Waals surface area contributed by atoms with Crippen LogP contribution in [0.4, 0.5) is 10.5 Å². The second-order valence-electron chi connectivity index (χ2n) is 11.7. The molecule has 218 valence electrons. The Morgan fingerprint density at radius 3 is 2.17 bits per heavy atom. The van der Waals surface area contributed by atoms with E-state index in [1.807, 2.05) is 71.0 Å². The fraction of sp³-hybridized carbons (Fsp3) is 0.484. The minimum absolute atomic E-state index is 0.0519. The molecule has 0 saturated carbocycles. The third kappa shape index (κ3) is 9.10. The number of primary amides is 1. The topological polar surface area (TPSA) is 131 Å². The van der Waals surface area contributed by atoms with Crippen molar-refractivity contribution in [3.05, 3.63) is 65.2 Å². The van der Waals surface area contributed by atoms with Crippen LogP contribution in [0.3, 0.4) is 0 Å². The number of para-hydroxylation sites is 1. The van der Waals surface area contributed by atoms with Crippen molar-refractivity contribution in [1.29, 1.82) is 0 Å². The first-order chi connectivity index (χ1) is 18.6. The maximum atomic E-state index is 14.4. The Balaban J connectivity index is 2.65. The van der Waals surface area contributed by atoms with Crippen LogP contribution in [0.25, 0.3) is 0 Å². The highest BCUT2D eigenvalue weighted by Gasteiger charge is 2.43. The molecule has 2 aromatic carbocycles. The first-order valence-corrected chi connectivity index (χ1v) is 13.6. The number of rotatable bonds is 11. The molecule has 0 aromatic heterocycles. The Kier molecular flexibility index (Phi) is 10.9. The summed E-state index contributed by atoms with van der Waals surface area (Å²) in [6.07, 6.45) is -0.491. The maximum Gasteiger partial charge on any atom is 0.408 e. The van der Waals surface area contributed by atoms with Crippen molar-refractivity contribution in [2.24, 2.45) is 5.73 Å². The third-order valence-electron chi connectivity index (χ3n) is 6.69. The van der Waals surface area contributed by atoms with Crippen LogP contribution in [0, 0.1) is 13.8 Å². The summed E-state index contributed by atoms with van der Waals surface area (Å²) in [7, 11) is 0. The van der Waals surface area contributed by atoms with Gasteiger partial charge in [-0.1, -0.05) is 55.0 Å². The van der Waals surface area contributed by atoms with Gasteiger partial charge < -0.3 is 26.0 Å². The van der Waals surface area contributed by atoms with E-state index in [-0.39, 0.29) is 12.8 Å². The summed E-state index contributed by atoms with van der Waals surface area (Å²) < 4.78 is 5.40. The van der Waals surface area contributed by atoms with E-state index in [1.54, 1.807) is 32.9 Å². The number of carbonyl (C=O) groups excluding carboxylic acids is 4. The Morgan fingerprint density at radius 2 is 1.62 bits per heavy atom. The van der Waals surface area contributed by atoms with E-state index >= 15 is 0 Å². The molecule has 2 atom stereocenters. The number of amides is 4. The lowest BCUT2D eigenvalue weighted by Crippen LogP contribution is -2.59. The zero-order valence-electron chi connectivity index (χ0n) is 25.0. The van der Waals surface area contributed by atoms with Crippen LogP contribution in [0.1, 0.15) is 83.5 Å². The van der Waals surface area contributed by atoms with Gasteiger partial charge in [-0.05, 0) is 78.5 Å². The van der Waals surface area contributed by atoms with Gasteiger partial charge in [0.1, 0.15) is 17.7 Å². The van der Waals surface area contributed by atoms with E-state index in [0.29, 0.717) is 17.7 Å².